The van der Waals surface area contributed by atoms with E-state index in [4.69, 9.17) is 5.11 Å². The van der Waals surface area contributed by atoms with Crippen LogP contribution in [0.2, 0.25) is 0 Å². The molecule has 0 spiro atoms. The van der Waals surface area contributed by atoms with E-state index in [0.29, 0.717) is 0 Å². The van der Waals surface area contributed by atoms with Gasteiger partial charge in [0.15, 0.2) is 0 Å². The van der Waals surface area contributed by atoms with Crippen LogP contribution < -0.4 is 0 Å². The van der Waals surface area contributed by atoms with E-state index in [1.807, 2.05) is 37.3 Å². The summed E-state index contributed by atoms with van der Waals surface area (Å²) in [5.41, 5.74) is 2.23. The molecule has 0 aliphatic rings. The molecule has 12 heavy (non-hydrogen) atoms. The summed E-state index contributed by atoms with van der Waals surface area (Å²) in [6.45, 7) is 2.13. The number of rotatable bonds is 3. The van der Waals surface area contributed by atoms with Crippen molar-refractivity contribution in [1.82, 2.24) is 0 Å². The molecule has 0 bridgehead atoms. The molecule has 0 aliphatic carbocycles. The Morgan fingerprint density at radius 2 is 1.92 bits per heavy atom. The van der Waals surface area contributed by atoms with Crippen molar-refractivity contribution in [2.45, 2.75) is 20.0 Å². The van der Waals surface area contributed by atoms with Crippen molar-refractivity contribution in [3.8, 4) is 0 Å². The lowest BCUT2D eigenvalue weighted by molar-refractivity contribution is 0.281. The summed E-state index contributed by atoms with van der Waals surface area (Å²) >= 11 is 0. The highest BCUT2D eigenvalue weighted by molar-refractivity contribution is 5.28. The van der Waals surface area contributed by atoms with Crippen molar-refractivity contribution in [3.05, 3.63) is 47.5 Å². The lowest BCUT2D eigenvalue weighted by Gasteiger charge is -2.02. The second-order valence-electron chi connectivity index (χ2n) is 2.70. The molecule has 0 unspecified atom stereocenters. The number of allylic oxidation sites excluding steroid dienone is 2. The van der Waals surface area contributed by atoms with E-state index in [-0.39, 0.29) is 6.61 Å². The molecular formula is C11H14O. The molecule has 0 aliphatic heterocycles. The van der Waals surface area contributed by atoms with Crippen molar-refractivity contribution < 1.29 is 5.11 Å². The van der Waals surface area contributed by atoms with Crippen molar-refractivity contribution in [2.24, 2.45) is 0 Å². The van der Waals surface area contributed by atoms with Gasteiger partial charge in [-0.2, -0.15) is 0 Å². The largest absolute Gasteiger partial charge is 0.392 e. The number of aliphatic hydroxyl groups is 1. The van der Waals surface area contributed by atoms with Gasteiger partial charge in [-0.3, -0.25) is 0 Å². The molecule has 1 rings (SSSR count). The minimum Gasteiger partial charge on any atom is -0.392 e. The van der Waals surface area contributed by atoms with Crippen LogP contribution in [0.15, 0.2) is 36.4 Å². The van der Waals surface area contributed by atoms with Gasteiger partial charge in [-0.1, -0.05) is 36.4 Å². The van der Waals surface area contributed by atoms with Gasteiger partial charge in [0.25, 0.3) is 0 Å². The molecule has 1 heteroatoms. The molecule has 0 radical (unpaired) electrons. The summed E-state index contributed by atoms with van der Waals surface area (Å²) in [5, 5.41) is 8.99. The highest BCUT2D eigenvalue weighted by atomic mass is 16.3. The van der Waals surface area contributed by atoms with Crippen LogP contribution in [-0.2, 0) is 13.0 Å². The quantitative estimate of drug-likeness (QED) is 0.676. The van der Waals surface area contributed by atoms with E-state index in [2.05, 4.69) is 6.08 Å². The van der Waals surface area contributed by atoms with E-state index in [9.17, 15) is 0 Å². The molecule has 0 saturated carbocycles. The van der Waals surface area contributed by atoms with E-state index in [1.165, 1.54) is 5.56 Å². The van der Waals surface area contributed by atoms with Gasteiger partial charge in [-0.15, -0.1) is 0 Å². The minimum atomic E-state index is 0.133. The third kappa shape index (κ3) is 2.21. The highest BCUT2D eigenvalue weighted by Gasteiger charge is 1.96. The predicted molar refractivity (Wildman–Crippen MR) is 50.9 cm³/mol. The van der Waals surface area contributed by atoms with Crippen LogP contribution in [0, 0.1) is 0 Å². The lowest BCUT2D eigenvalue weighted by Crippen LogP contribution is -1.91. The van der Waals surface area contributed by atoms with Crippen molar-refractivity contribution >= 4 is 0 Å². The first-order chi connectivity index (χ1) is 5.88. The van der Waals surface area contributed by atoms with Crippen LogP contribution in [0.4, 0.5) is 0 Å². The van der Waals surface area contributed by atoms with E-state index >= 15 is 0 Å². The van der Waals surface area contributed by atoms with Crippen molar-refractivity contribution in [3.63, 3.8) is 0 Å². The van der Waals surface area contributed by atoms with Gasteiger partial charge in [-0.25, -0.2) is 0 Å². The van der Waals surface area contributed by atoms with E-state index < -0.39 is 0 Å². The fourth-order valence-electron chi connectivity index (χ4n) is 1.16. The number of aliphatic hydroxyl groups excluding tert-OH is 1. The maximum Gasteiger partial charge on any atom is 0.0684 e. The Morgan fingerprint density at radius 1 is 1.25 bits per heavy atom. The average Bonchev–Trinajstić information content (AvgIpc) is 2.15. The number of hydrogen-bond acceptors (Lipinski definition) is 1. The Morgan fingerprint density at radius 3 is 2.50 bits per heavy atom. The van der Waals surface area contributed by atoms with E-state index in [0.717, 1.165) is 12.0 Å². The second kappa shape index (κ2) is 4.73. The zero-order valence-electron chi connectivity index (χ0n) is 7.33. The molecule has 0 amide bonds. The van der Waals surface area contributed by atoms with Crippen LogP contribution in [0.5, 0.6) is 0 Å². The van der Waals surface area contributed by atoms with Gasteiger partial charge < -0.3 is 5.11 Å². The molecule has 0 fully saturated rings. The SMILES string of the molecule is C/C=C\Cc1ccccc1CO. The highest BCUT2D eigenvalue weighted by Crippen LogP contribution is 2.09. The molecule has 0 atom stereocenters. The summed E-state index contributed by atoms with van der Waals surface area (Å²) in [4.78, 5) is 0. The standard InChI is InChI=1S/C11H14O/c1-2-3-6-10-7-4-5-8-11(10)9-12/h2-5,7-8,12H,6,9H2,1H3/b3-2-. The van der Waals surface area contributed by atoms with Gasteiger partial charge in [0.2, 0.25) is 0 Å². The van der Waals surface area contributed by atoms with Crippen LogP contribution in [0.1, 0.15) is 18.1 Å². The first-order valence-corrected chi connectivity index (χ1v) is 4.17. The smallest absolute Gasteiger partial charge is 0.0684 e. The Kier molecular flexibility index (Phi) is 3.55. The Hall–Kier alpha value is -1.08. The molecule has 1 aromatic carbocycles. The van der Waals surface area contributed by atoms with Crippen LogP contribution in [-0.4, -0.2) is 5.11 Å². The Balaban J connectivity index is 2.81. The lowest BCUT2D eigenvalue weighted by atomic mass is 10.1. The van der Waals surface area contributed by atoms with Crippen LogP contribution in [0.25, 0.3) is 0 Å². The van der Waals surface area contributed by atoms with Gasteiger partial charge in [-0.05, 0) is 24.5 Å². The van der Waals surface area contributed by atoms with Gasteiger partial charge in [0.05, 0.1) is 6.61 Å². The molecule has 0 heterocycles. The zero-order chi connectivity index (χ0) is 8.81. The molecule has 0 saturated heterocycles. The van der Waals surface area contributed by atoms with Crippen LogP contribution in [0.3, 0.4) is 0 Å². The number of hydrogen-bond donors (Lipinski definition) is 1. The maximum atomic E-state index is 8.99. The average molecular weight is 162 g/mol. The molecular weight excluding hydrogens is 148 g/mol. The molecule has 1 aromatic rings. The van der Waals surface area contributed by atoms with Gasteiger partial charge >= 0.3 is 0 Å². The third-order valence-electron chi connectivity index (χ3n) is 1.86. The fraction of sp³-hybridized carbons (Fsp3) is 0.273. The molecule has 0 aromatic heterocycles. The van der Waals surface area contributed by atoms with Crippen LogP contribution >= 0.6 is 0 Å². The van der Waals surface area contributed by atoms with Gasteiger partial charge in [0.1, 0.15) is 0 Å². The van der Waals surface area contributed by atoms with E-state index in [1.54, 1.807) is 0 Å². The monoisotopic (exact) mass is 162 g/mol. The predicted octanol–water partition coefficient (Wildman–Crippen LogP) is 2.30. The summed E-state index contributed by atoms with van der Waals surface area (Å²) in [7, 11) is 0. The third-order valence-corrected chi connectivity index (χ3v) is 1.86. The Bertz CT molecular complexity index is 263. The summed E-state index contributed by atoms with van der Waals surface area (Å²) < 4.78 is 0. The first-order valence-electron chi connectivity index (χ1n) is 4.17. The molecule has 1 N–H and O–H groups in total. The summed E-state index contributed by atoms with van der Waals surface area (Å²) in [6.07, 6.45) is 5.02. The zero-order valence-corrected chi connectivity index (χ0v) is 7.33. The topological polar surface area (TPSA) is 20.2 Å². The van der Waals surface area contributed by atoms with Gasteiger partial charge in [0, 0.05) is 0 Å². The van der Waals surface area contributed by atoms with Crippen molar-refractivity contribution in [1.29, 1.82) is 0 Å². The second-order valence-corrected chi connectivity index (χ2v) is 2.70. The summed E-state index contributed by atoms with van der Waals surface area (Å²) in [6, 6.07) is 7.95. The minimum absolute atomic E-state index is 0.133. The maximum absolute atomic E-state index is 8.99. The molecule has 64 valence electrons. The fourth-order valence-corrected chi connectivity index (χ4v) is 1.16. The normalized spacial score (nSPS) is 10.8. The number of benzene rings is 1. The Labute approximate surface area is 73.4 Å². The molecule has 1 nitrogen and oxygen atoms in total. The summed E-state index contributed by atoms with van der Waals surface area (Å²) in [5.74, 6) is 0. The first kappa shape index (κ1) is 9.01. The van der Waals surface area contributed by atoms with Crippen molar-refractivity contribution in [2.75, 3.05) is 0 Å².